The zero-order valence-electron chi connectivity index (χ0n) is 12.2. The van der Waals surface area contributed by atoms with Gasteiger partial charge >= 0.3 is 0 Å². The van der Waals surface area contributed by atoms with Crippen LogP contribution in [0.2, 0.25) is 0 Å². The normalized spacial score (nSPS) is 10.9. The molecule has 0 saturated carbocycles. The van der Waals surface area contributed by atoms with Gasteiger partial charge in [0.1, 0.15) is 6.61 Å². The van der Waals surface area contributed by atoms with Gasteiger partial charge in [-0.1, -0.05) is 25.1 Å². The molecule has 1 N–H and O–H groups in total. The van der Waals surface area contributed by atoms with Crippen LogP contribution < -0.4 is 10.1 Å². The fourth-order valence-corrected chi connectivity index (χ4v) is 2.05. The average Bonchev–Trinajstić information content (AvgIpc) is 2.47. The predicted molar refractivity (Wildman–Crippen MR) is 81.1 cm³/mol. The minimum atomic E-state index is 0.528. The van der Waals surface area contributed by atoms with Crippen LogP contribution in [0.4, 0.5) is 0 Å². The first-order chi connectivity index (χ1) is 9.85. The first-order valence-electron chi connectivity index (χ1n) is 7.09. The molecule has 2 aromatic rings. The fraction of sp³-hybridized carbons (Fsp3) is 0.438. The van der Waals surface area contributed by atoms with Crippen molar-refractivity contribution in [1.82, 2.24) is 10.3 Å². The molecule has 0 fully saturated rings. The van der Waals surface area contributed by atoms with Crippen molar-refractivity contribution in [1.29, 1.82) is 0 Å². The summed E-state index contributed by atoms with van der Waals surface area (Å²) in [6.45, 7) is 4.72. The Kier molecular flexibility index (Phi) is 5.77. The van der Waals surface area contributed by atoms with Crippen molar-refractivity contribution in [2.75, 3.05) is 26.9 Å². The van der Waals surface area contributed by atoms with E-state index < -0.39 is 0 Å². The van der Waals surface area contributed by atoms with Gasteiger partial charge in [0.25, 0.3) is 0 Å². The molecule has 0 aliphatic heterocycles. The lowest BCUT2D eigenvalue weighted by atomic mass is 10.1. The molecule has 0 aliphatic rings. The van der Waals surface area contributed by atoms with Crippen molar-refractivity contribution in [2.24, 2.45) is 0 Å². The Bertz CT molecular complexity index is 543. The summed E-state index contributed by atoms with van der Waals surface area (Å²) < 4.78 is 11.2. The maximum atomic E-state index is 5.79. The number of nitrogens with zero attached hydrogens (tertiary/aromatic N) is 1. The molecule has 1 heterocycles. The van der Waals surface area contributed by atoms with Crippen LogP contribution in [0, 0.1) is 0 Å². The van der Waals surface area contributed by atoms with Crippen molar-refractivity contribution in [3.8, 4) is 5.88 Å². The fourth-order valence-electron chi connectivity index (χ4n) is 2.05. The number of hydrogen-bond donors (Lipinski definition) is 1. The topological polar surface area (TPSA) is 43.4 Å². The van der Waals surface area contributed by atoms with Gasteiger partial charge in [0.2, 0.25) is 5.88 Å². The van der Waals surface area contributed by atoms with Crippen LogP contribution in [0.25, 0.3) is 10.8 Å². The predicted octanol–water partition coefficient (Wildman–Crippen LogP) is 2.76. The molecule has 0 spiro atoms. The van der Waals surface area contributed by atoms with Crippen molar-refractivity contribution < 1.29 is 9.47 Å². The van der Waals surface area contributed by atoms with Crippen LogP contribution >= 0.6 is 0 Å². The van der Waals surface area contributed by atoms with E-state index in [9.17, 15) is 0 Å². The van der Waals surface area contributed by atoms with E-state index >= 15 is 0 Å². The Morgan fingerprint density at radius 1 is 1.15 bits per heavy atom. The average molecular weight is 274 g/mol. The Hall–Kier alpha value is -1.65. The first-order valence-corrected chi connectivity index (χ1v) is 7.09. The van der Waals surface area contributed by atoms with E-state index in [0.717, 1.165) is 36.0 Å². The lowest BCUT2D eigenvalue weighted by molar-refractivity contribution is 0.0995. The number of fused-ring (bicyclic) bond motifs is 1. The van der Waals surface area contributed by atoms with E-state index in [4.69, 9.17) is 9.47 Å². The van der Waals surface area contributed by atoms with E-state index in [-0.39, 0.29) is 0 Å². The molecule has 2 rings (SSSR count). The zero-order chi connectivity index (χ0) is 14.2. The molecule has 4 heteroatoms. The van der Waals surface area contributed by atoms with E-state index in [1.807, 2.05) is 25.2 Å². The number of pyridine rings is 1. The van der Waals surface area contributed by atoms with E-state index in [2.05, 4.69) is 29.4 Å². The quantitative estimate of drug-likeness (QED) is 0.752. The molecule has 0 atom stereocenters. The third kappa shape index (κ3) is 3.92. The molecule has 0 bridgehead atoms. The first kappa shape index (κ1) is 14.8. The van der Waals surface area contributed by atoms with E-state index in [1.165, 1.54) is 0 Å². The Morgan fingerprint density at radius 2 is 2.00 bits per heavy atom. The molecular formula is C16H22N2O2. The monoisotopic (exact) mass is 274 g/mol. The van der Waals surface area contributed by atoms with Gasteiger partial charge in [-0.25, -0.2) is 4.98 Å². The summed E-state index contributed by atoms with van der Waals surface area (Å²) in [5.74, 6) is 0.688. The molecule has 0 amide bonds. The highest BCUT2D eigenvalue weighted by molar-refractivity contribution is 5.87. The molecule has 0 unspecified atom stereocenters. The van der Waals surface area contributed by atoms with E-state index in [0.29, 0.717) is 19.1 Å². The lowest BCUT2D eigenvalue weighted by Crippen LogP contribution is -2.11. The molecule has 1 aromatic heterocycles. The third-order valence-corrected chi connectivity index (χ3v) is 2.93. The number of ether oxygens (including phenoxy) is 2. The summed E-state index contributed by atoms with van der Waals surface area (Å²) >= 11 is 0. The van der Waals surface area contributed by atoms with Gasteiger partial charge < -0.3 is 14.8 Å². The van der Waals surface area contributed by atoms with E-state index in [1.54, 1.807) is 0 Å². The largest absolute Gasteiger partial charge is 0.475 e. The van der Waals surface area contributed by atoms with Gasteiger partial charge in [0.15, 0.2) is 0 Å². The summed E-state index contributed by atoms with van der Waals surface area (Å²) in [7, 11) is 1.91. The molecular weight excluding hydrogens is 252 g/mol. The highest BCUT2D eigenvalue weighted by Crippen LogP contribution is 2.24. The lowest BCUT2D eigenvalue weighted by Gasteiger charge is -2.11. The maximum Gasteiger partial charge on any atom is 0.221 e. The summed E-state index contributed by atoms with van der Waals surface area (Å²) in [5, 5.41) is 5.31. The second-order valence-electron chi connectivity index (χ2n) is 4.63. The van der Waals surface area contributed by atoms with Crippen molar-refractivity contribution >= 4 is 10.8 Å². The number of benzene rings is 1. The third-order valence-electron chi connectivity index (χ3n) is 2.93. The summed E-state index contributed by atoms with van der Waals surface area (Å²) in [4.78, 5) is 4.57. The summed E-state index contributed by atoms with van der Waals surface area (Å²) in [6, 6.07) is 10.2. The Labute approximate surface area is 120 Å². The Balaban J connectivity index is 2.12. The zero-order valence-corrected chi connectivity index (χ0v) is 12.2. The molecule has 0 radical (unpaired) electrons. The summed E-state index contributed by atoms with van der Waals surface area (Å²) in [6.07, 6.45) is 1.03. The summed E-state index contributed by atoms with van der Waals surface area (Å²) in [5.41, 5.74) is 0.982. The van der Waals surface area contributed by atoms with Gasteiger partial charge in [0.05, 0.1) is 12.3 Å². The molecule has 4 nitrogen and oxygen atoms in total. The van der Waals surface area contributed by atoms with Crippen LogP contribution in [0.5, 0.6) is 5.88 Å². The van der Waals surface area contributed by atoms with Crippen molar-refractivity contribution in [3.63, 3.8) is 0 Å². The van der Waals surface area contributed by atoms with Crippen LogP contribution in [-0.2, 0) is 11.3 Å². The van der Waals surface area contributed by atoms with Crippen LogP contribution in [0.3, 0.4) is 0 Å². The van der Waals surface area contributed by atoms with Gasteiger partial charge in [-0.05, 0) is 31.0 Å². The second-order valence-corrected chi connectivity index (χ2v) is 4.63. The second kappa shape index (κ2) is 7.82. The SMILES string of the molecule is CCCOCCOc1nc(CNC)cc2ccccc12. The highest BCUT2D eigenvalue weighted by atomic mass is 16.5. The number of rotatable bonds is 8. The van der Waals surface area contributed by atoms with Gasteiger partial charge in [-0.3, -0.25) is 0 Å². The van der Waals surface area contributed by atoms with Crippen LogP contribution in [0.15, 0.2) is 30.3 Å². The minimum Gasteiger partial charge on any atom is -0.475 e. The molecule has 1 aromatic carbocycles. The van der Waals surface area contributed by atoms with Gasteiger partial charge in [-0.2, -0.15) is 0 Å². The van der Waals surface area contributed by atoms with Crippen molar-refractivity contribution in [3.05, 3.63) is 36.0 Å². The van der Waals surface area contributed by atoms with Crippen molar-refractivity contribution in [2.45, 2.75) is 19.9 Å². The highest BCUT2D eigenvalue weighted by Gasteiger charge is 2.06. The smallest absolute Gasteiger partial charge is 0.221 e. The number of aromatic nitrogens is 1. The van der Waals surface area contributed by atoms with Crippen LogP contribution in [0.1, 0.15) is 19.0 Å². The number of nitrogens with one attached hydrogen (secondary N) is 1. The standard InChI is InChI=1S/C16H22N2O2/c1-3-8-19-9-10-20-16-15-7-5-4-6-13(15)11-14(18-16)12-17-2/h4-7,11,17H,3,8-10,12H2,1-2H3. The Morgan fingerprint density at radius 3 is 2.80 bits per heavy atom. The molecule has 20 heavy (non-hydrogen) atoms. The minimum absolute atomic E-state index is 0.528. The molecule has 0 aliphatic carbocycles. The van der Waals surface area contributed by atoms with Gasteiger partial charge in [0, 0.05) is 18.5 Å². The molecule has 0 saturated heterocycles. The maximum absolute atomic E-state index is 5.79. The molecule has 108 valence electrons. The van der Waals surface area contributed by atoms with Crippen LogP contribution in [-0.4, -0.2) is 31.9 Å². The van der Waals surface area contributed by atoms with Gasteiger partial charge in [-0.15, -0.1) is 0 Å². The number of hydrogen-bond acceptors (Lipinski definition) is 4.